The summed E-state index contributed by atoms with van der Waals surface area (Å²) in [5, 5.41) is 17.2. The highest BCUT2D eigenvalue weighted by Crippen LogP contribution is 2.32. The highest BCUT2D eigenvalue weighted by atomic mass is 32.2. The van der Waals surface area contributed by atoms with Crippen LogP contribution in [0.3, 0.4) is 0 Å². The molecule has 0 heterocycles. The summed E-state index contributed by atoms with van der Waals surface area (Å²) in [4.78, 5) is 23.3. The predicted octanol–water partition coefficient (Wildman–Crippen LogP) is 4.57. The predicted molar refractivity (Wildman–Crippen MR) is 135 cm³/mol. The average Bonchev–Trinajstić information content (AvgIpc) is 3.15. The number of carbonyl (C=O) groups is 1. The average molecular weight is 503 g/mol. The molecule has 4 aromatic carbocycles. The monoisotopic (exact) mass is 502 g/mol. The first-order chi connectivity index (χ1) is 17.3. The maximum Gasteiger partial charge on any atom is 0.270 e. The van der Waals surface area contributed by atoms with Crippen molar-refractivity contribution in [1.29, 1.82) is 0 Å². The maximum absolute atomic E-state index is 13.2. The van der Waals surface area contributed by atoms with E-state index in [1.807, 2.05) is 12.1 Å². The molecule has 0 unspecified atom stereocenters. The molecular formula is C25H18N4O6S. The molecule has 0 saturated heterocycles. The number of benzene rings is 4. The molecule has 0 bridgehead atoms. The molecule has 0 fully saturated rings. The minimum absolute atomic E-state index is 0.0370. The van der Waals surface area contributed by atoms with Crippen LogP contribution >= 0.6 is 0 Å². The zero-order valence-electron chi connectivity index (χ0n) is 18.8. The first kappa shape index (κ1) is 23.0. The lowest BCUT2D eigenvalue weighted by molar-refractivity contribution is -0.385. The molecule has 0 aromatic heterocycles. The van der Waals surface area contributed by atoms with E-state index >= 15 is 0 Å². The Morgan fingerprint density at radius 1 is 0.944 bits per heavy atom. The molecule has 0 saturated carbocycles. The number of ether oxygens (including phenoxy) is 1. The number of sulfonamides is 1. The summed E-state index contributed by atoms with van der Waals surface area (Å²) in [6.45, 7) is 0. The van der Waals surface area contributed by atoms with Crippen LogP contribution in [0.25, 0.3) is 10.8 Å². The number of rotatable bonds is 7. The maximum atomic E-state index is 13.2. The number of nitro groups is 1. The van der Waals surface area contributed by atoms with Crippen LogP contribution in [0.5, 0.6) is 5.75 Å². The molecular weight excluding hydrogens is 484 g/mol. The van der Waals surface area contributed by atoms with Crippen LogP contribution in [0.2, 0.25) is 0 Å². The fourth-order valence-corrected chi connectivity index (χ4v) is 5.25. The van der Waals surface area contributed by atoms with Crippen molar-refractivity contribution in [2.75, 3.05) is 17.3 Å². The van der Waals surface area contributed by atoms with Crippen molar-refractivity contribution >= 4 is 49.4 Å². The Labute approximate surface area is 205 Å². The van der Waals surface area contributed by atoms with Crippen molar-refractivity contribution in [3.63, 3.8) is 0 Å². The van der Waals surface area contributed by atoms with Crippen molar-refractivity contribution in [3.8, 4) is 5.75 Å². The van der Waals surface area contributed by atoms with Gasteiger partial charge in [-0.3, -0.25) is 25.1 Å². The molecule has 0 spiro atoms. The van der Waals surface area contributed by atoms with Crippen molar-refractivity contribution in [2.45, 2.75) is 4.90 Å². The van der Waals surface area contributed by atoms with Crippen LogP contribution in [0.4, 0.5) is 17.1 Å². The summed E-state index contributed by atoms with van der Waals surface area (Å²) in [6, 6.07) is 20.3. The summed E-state index contributed by atoms with van der Waals surface area (Å²) < 4.78 is 33.9. The largest absolute Gasteiger partial charge is 0.497 e. The fourth-order valence-electron chi connectivity index (χ4n) is 4.01. The van der Waals surface area contributed by atoms with E-state index in [9.17, 15) is 23.3 Å². The van der Waals surface area contributed by atoms with E-state index in [0.717, 1.165) is 22.9 Å². The lowest BCUT2D eigenvalue weighted by atomic mass is 10.1. The van der Waals surface area contributed by atoms with E-state index in [4.69, 9.17) is 4.74 Å². The van der Waals surface area contributed by atoms with Gasteiger partial charge in [-0.15, -0.1) is 0 Å². The molecule has 1 aliphatic rings. The second-order valence-electron chi connectivity index (χ2n) is 7.88. The Balaban J connectivity index is 1.54. The molecule has 10 nitrogen and oxygen atoms in total. The van der Waals surface area contributed by atoms with Crippen LogP contribution in [0.15, 0.2) is 88.9 Å². The van der Waals surface area contributed by atoms with Gasteiger partial charge in [-0.1, -0.05) is 36.4 Å². The van der Waals surface area contributed by atoms with Crippen LogP contribution in [0.1, 0.15) is 15.9 Å². The molecule has 1 aliphatic carbocycles. The number of anilines is 2. The number of methoxy groups -OCH3 is 1. The Morgan fingerprint density at radius 3 is 2.31 bits per heavy atom. The van der Waals surface area contributed by atoms with Gasteiger partial charge in [0, 0.05) is 34.3 Å². The lowest BCUT2D eigenvalue weighted by Gasteiger charge is -2.13. The van der Waals surface area contributed by atoms with Crippen molar-refractivity contribution < 1.29 is 22.9 Å². The zero-order valence-corrected chi connectivity index (χ0v) is 19.6. The first-order valence-electron chi connectivity index (χ1n) is 10.6. The lowest BCUT2D eigenvalue weighted by Crippen LogP contribution is -2.16. The minimum Gasteiger partial charge on any atom is -0.497 e. The number of hydrogen-bond acceptors (Lipinski definition) is 8. The van der Waals surface area contributed by atoms with Crippen LogP contribution < -0.4 is 14.9 Å². The summed E-state index contributed by atoms with van der Waals surface area (Å²) in [5.74, 6) is 0.223. The van der Waals surface area contributed by atoms with Gasteiger partial charge >= 0.3 is 0 Å². The van der Waals surface area contributed by atoms with Crippen LogP contribution in [-0.4, -0.2) is 31.9 Å². The molecule has 180 valence electrons. The molecule has 4 aromatic rings. The normalized spacial score (nSPS) is 13.7. The molecule has 11 heteroatoms. The third-order valence-electron chi connectivity index (χ3n) is 5.72. The van der Waals surface area contributed by atoms with E-state index in [0.29, 0.717) is 16.9 Å². The number of Topliss-reactive ketones (excluding diaryl/α,β-unsaturated/α-hetero) is 1. The van der Waals surface area contributed by atoms with Crippen molar-refractivity contribution in [3.05, 3.63) is 100 Å². The number of non-ortho nitro benzene ring substituents is 1. The Hall–Kier alpha value is -4.77. The van der Waals surface area contributed by atoms with E-state index in [1.54, 1.807) is 36.4 Å². The van der Waals surface area contributed by atoms with Gasteiger partial charge in [0.2, 0.25) is 5.78 Å². The van der Waals surface area contributed by atoms with Gasteiger partial charge in [-0.2, -0.15) is 5.10 Å². The zero-order chi connectivity index (χ0) is 25.4. The summed E-state index contributed by atoms with van der Waals surface area (Å²) in [7, 11) is -2.80. The molecule has 0 atom stereocenters. The summed E-state index contributed by atoms with van der Waals surface area (Å²) in [5.41, 5.74) is 3.65. The number of hydrogen-bond donors (Lipinski definition) is 2. The van der Waals surface area contributed by atoms with Gasteiger partial charge in [-0.25, -0.2) is 8.42 Å². The smallest absolute Gasteiger partial charge is 0.270 e. The summed E-state index contributed by atoms with van der Waals surface area (Å²) in [6.07, 6.45) is 0. The second-order valence-corrected chi connectivity index (χ2v) is 9.53. The van der Waals surface area contributed by atoms with E-state index < -0.39 is 25.5 Å². The highest BCUT2D eigenvalue weighted by molar-refractivity contribution is 7.92. The number of ketones is 1. The quantitative estimate of drug-likeness (QED) is 0.279. The van der Waals surface area contributed by atoms with Crippen molar-refractivity contribution in [2.24, 2.45) is 5.10 Å². The molecule has 2 N–H and O–H groups in total. The fraction of sp³-hybridized carbons (Fsp3) is 0.0400. The molecule has 0 aliphatic heterocycles. The standard InChI is InChI=1S/C25H18N4O6S/c1-35-18-11-8-16(9-12-18)28-36(33,34)22-14-17(29(31)32)10-13-21(22)26-27-24-19-6-2-4-15-5-3-7-20(23(15)19)25(24)30/h2-14,26,28H,1H3. The molecule has 5 rings (SSSR count). The van der Waals surface area contributed by atoms with Gasteiger partial charge in [0.05, 0.1) is 17.7 Å². The Bertz CT molecular complexity index is 1680. The topological polar surface area (TPSA) is 140 Å². The van der Waals surface area contributed by atoms with E-state index in [2.05, 4.69) is 15.2 Å². The third-order valence-corrected chi connectivity index (χ3v) is 7.14. The molecule has 36 heavy (non-hydrogen) atoms. The SMILES string of the molecule is COc1ccc(NS(=O)(=O)c2cc([N+](=O)[O-])ccc2NN=C2C(=O)c3cccc4cccc2c34)cc1. The minimum atomic E-state index is -4.28. The van der Waals surface area contributed by atoms with Gasteiger partial charge in [-0.05, 0) is 35.7 Å². The molecule has 0 amide bonds. The number of carbonyl (C=O) groups excluding carboxylic acids is 1. The second kappa shape index (κ2) is 8.78. The third kappa shape index (κ3) is 4.01. The number of nitro benzene ring substituents is 1. The highest BCUT2D eigenvalue weighted by Gasteiger charge is 2.29. The van der Waals surface area contributed by atoms with Gasteiger partial charge in [0.25, 0.3) is 15.7 Å². The van der Waals surface area contributed by atoms with E-state index in [-0.39, 0.29) is 22.9 Å². The van der Waals surface area contributed by atoms with Gasteiger partial charge in [0.1, 0.15) is 16.4 Å². The number of hydrazone groups is 1. The van der Waals surface area contributed by atoms with Crippen molar-refractivity contribution in [1.82, 2.24) is 0 Å². The van der Waals surface area contributed by atoms with E-state index in [1.165, 1.54) is 25.3 Å². The Kier molecular flexibility index (Phi) is 5.61. The summed E-state index contributed by atoms with van der Waals surface area (Å²) >= 11 is 0. The van der Waals surface area contributed by atoms with Crippen LogP contribution in [-0.2, 0) is 10.0 Å². The number of nitrogens with zero attached hydrogens (tertiary/aromatic N) is 2. The van der Waals surface area contributed by atoms with Gasteiger partial charge < -0.3 is 4.74 Å². The first-order valence-corrected chi connectivity index (χ1v) is 12.1. The number of nitrogens with one attached hydrogen (secondary N) is 2. The van der Waals surface area contributed by atoms with Gasteiger partial charge in [0.15, 0.2) is 0 Å². The van der Waals surface area contributed by atoms with Crippen LogP contribution in [0, 0.1) is 10.1 Å². The molecule has 0 radical (unpaired) electrons. The Morgan fingerprint density at radius 2 is 1.64 bits per heavy atom.